The van der Waals surface area contributed by atoms with E-state index in [4.69, 9.17) is 16.9 Å². The summed E-state index contributed by atoms with van der Waals surface area (Å²) < 4.78 is 27.2. The van der Waals surface area contributed by atoms with Crippen LogP contribution in [0.4, 0.5) is 8.78 Å². The van der Waals surface area contributed by atoms with E-state index in [1.54, 1.807) is 0 Å². The van der Waals surface area contributed by atoms with E-state index in [0.29, 0.717) is 0 Å². The number of benzene rings is 2. The van der Waals surface area contributed by atoms with Crippen molar-refractivity contribution in [3.8, 4) is 17.2 Å². The van der Waals surface area contributed by atoms with Gasteiger partial charge in [0.05, 0.1) is 11.6 Å². The summed E-state index contributed by atoms with van der Waals surface area (Å²) in [6.45, 7) is 0. The summed E-state index contributed by atoms with van der Waals surface area (Å²) in [6.07, 6.45) is 0. The molecule has 0 amide bonds. The lowest BCUT2D eigenvalue weighted by Gasteiger charge is -2.05. The maximum atomic E-state index is 13.6. The van der Waals surface area contributed by atoms with E-state index < -0.39 is 11.6 Å². The van der Waals surface area contributed by atoms with Gasteiger partial charge < -0.3 is 0 Å². The highest BCUT2D eigenvalue weighted by Crippen LogP contribution is 2.28. The van der Waals surface area contributed by atoms with E-state index in [9.17, 15) is 8.78 Å². The van der Waals surface area contributed by atoms with Gasteiger partial charge in [0.1, 0.15) is 11.6 Å². The molecule has 0 radical (unpaired) electrons. The van der Waals surface area contributed by atoms with Crippen LogP contribution in [0.5, 0.6) is 0 Å². The van der Waals surface area contributed by atoms with E-state index in [1.807, 2.05) is 6.07 Å². The molecule has 0 bridgehead atoms. The Morgan fingerprint density at radius 2 is 1.71 bits per heavy atom. The standard InChI is InChI=1S/C13H6ClF2N/c14-9-2-3-10(13(16)6-9)11-5-8(7-17)1-4-12(11)15/h1-6H. The summed E-state index contributed by atoms with van der Waals surface area (Å²) in [5, 5.41) is 8.96. The molecule has 0 aliphatic heterocycles. The molecule has 0 unspecified atom stereocenters. The van der Waals surface area contributed by atoms with Crippen LogP contribution in [0, 0.1) is 23.0 Å². The molecule has 0 fully saturated rings. The van der Waals surface area contributed by atoms with Crippen LogP contribution in [-0.4, -0.2) is 0 Å². The summed E-state index contributed by atoms with van der Waals surface area (Å²) in [5.41, 5.74) is 0.415. The molecule has 0 atom stereocenters. The Bertz CT molecular complexity index is 617. The van der Waals surface area contributed by atoms with Gasteiger partial charge in [0.15, 0.2) is 0 Å². The molecule has 0 aromatic heterocycles. The van der Waals surface area contributed by atoms with Crippen LogP contribution in [-0.2, 0) is 0 Å². The van der Waals surface area contributed by atoms with Crippen molar-refractivity contribution in [3.63, 3.8) is 0 Å². The summed E-state index contributed by atoms with van der Waals surface area (Å²) in [4.78, 5) is 0. The number of hydrogen-bond donors (Lipinski definition) is 0. The van der Waals surface area contributed by atoms with Crippen LogP contribution in [0.25, 0.3) is 11.1 Å². The maximum Gasteiger partial charge on any atom is 0.132 e. The largest absolute Gasteiger partial charge is 0.206 e. The lowest BCUT2D eigenvalue weighted by Crippen LogP contribution is -1.90. The number of rotatable bonds is 1. The SMILES string of the molecule is N#Cc1ccc(F)c(-c2ccc(Cl)cc2F)c1. The van der Waals surface area contributed by atoms with Crippen molar-refractivity contribution >= 4 is 11.6 Å². The zero-order valence-electron chi connectivity index (χ0n) is 8.55. The minimum Gasteiger partial charge on any atom is -0.206 e. The number of halogens is 3. The predicted octanol–water partition coefficient (Wildman–Crippen LogP) is 4.16. The summed E-state index contributed by atoms with van der Waals surface area (Å²) in [6, 6.07) is 9.63. The fourth-order valence-corrected chi connectivity index (χ4v) is 1.67. The molecule has 0 spiro atoms. The second-order valence-electron chi connectivity index (χ2n) is 3.43. The summed E-state index contributed by atoms with van der Waals surface area (Å²) in [7, 11) is 0. The molecule has 84 valence electrons. The fraction of sp³-hybridized carbons (Fsp3) is 0. The van der Waals surface area contributed by atoms with Gasteiger partial charge in [-0.3, -0.25) is 0 Å². The van der Waals surface area contributed by atoms with Gasteiger partial charge in [-0.1, -0.05) is 11.6 Å². The molecule has 2 rings (SSSR count). The molecule has 4 heteroatoms. The van der Waals surface area contributed by atoms with Crippen molar-refractivity contribution in [2.75, 3.05) is 0 Å². The Morgan fingerprint density at radius 3 is 2.35 bits per heavy atom. The first-order valence-corrected chi connectivity index (χ1v) is 5.14. The summed E-state index contributed by atoms with van der Waals surface area (Å²) in [5.74, 6) is -1.20. The van der Waals surface area contributed by atoms with Gasteiger partial charge in [-0.25, -0.2) is 8.78 Å². The van der Waals surface area contributed by atoms with Crippen molar-refractivity contribution in [3.05, 3.63) is 58.6 Å². The van der Waals surface area contributed by atoms with Crippen LogP contribution in [0.2, 0.25) is 5.02 Å². The molecular formula is C13H6ClF2N. The quantitative estimate of drug-likeness (QED) is 0.745. The van der Waals surface area contributed by atoms with Crippen molar-refractivity contribution in [2.45, 2.75) is 0 Å². The topological polar surface area (TPSA) is 23.8 Å². The van der Waals surface area contributed by atoms with Gasteiger partial charge in [-0.15, -0.1) is 0 Å². The van der Waals surface area contributed by atoms with E-state index in [2.05, 4.69) is 0 Å². The van der Waals surface area contributed by atoms with Gasteiger partial charge in [0, 0.05) is 16.1 Å². The molecule has 17 heavy (non-hydrogen) atoms. The second kappa shape index (κ2) is 4.52. The number of hydrogen-bond acceptors (Lipinski definition) is 1. The molecule has 2 aromatic carbocycles. The summed E-state index contributed by atoms with van der Waals surface area (Å²) >= 11 is 5.62. The highest BCUT2D eigenvalue weighted by molar-refractivity contribution is 6.30. The highest BCUT2D eigenvalue weighted by atomic mass is 35.5. The van der Waals surface area contributed by atoms with Crippen LogP contribution < -0.4 is 0 Å². The van der Waals surface area contributed by atoms with E-state index in [1.165, 1.54) is 24.3 Å². The van der Waals surface area contributed by atoms with Crippen molar-refractivity contribution in [2.24, 2.45) is 0 Å². The average Bonchev–Trinajstić information content (AvgIpc) is 2.30. The third-order valence-corrected chi connectivity index (χ3v) is 2.55. The van der Waals surface area contributed by atoms with E-state index in [-0.39, 0.29) is 21.7 Å². The lowest BCUT2D eigenvalue weighted by molar-refractivity contribution is 0.616. The molecule has 0 aliphatic carbocycles. The Labute approximate surface area is 102 Å². The molecule has 0 heterocycles. The van der Waals surface area contributed by atoms with E-state index >= 15 is 0 Å². The van der Waals surface area contributed by atoms with Crippen LogP contribution in [0.1, 0.15) is 5.56 Å². The molecule has 0 aliphatic rings. The Kier molecular flexibility index (Phi) is 3.08. The van der Waals surface area contributed by atoms with Gasteiger partial charge in [-0.2, -0.15) is 5.26 Å². The fourth-order valence-electron chi connectivity index (χ4n) is 1.51. The van der Waals surface area contributed by atoms with Crippen LogP contribution in [0.15, 0.2) is 36.4 Å². The lowest BCUT2D eigenvalue weighted by atomic mass is 10.0. The van der Waals surface area contributed by atoms with Gasteiger partial charge in [0.2, 0.25) is 0 Å². The van der Waals surface area contributed by atoms with Gasteiger partial charge in [0.25, 0.3) is 0 Å². The van der Waals surface area contributed by atoms with Crippen LogP contribution in [0.3, 0.4) is 0 Å². The Hall–Kier alpha value is -1.92. The first-order valence-electron chi connectivity index (χ1n) is 4.77. The van der Waals surface area contributed by atoms with E-state index in [0.717, 1.165) is 12.1 Å². The number of nitriles is 1. The van der Waals surface area contributed by atoms with Gasteiger partial charge in [-0.05, 0) is 36.4 Å². The second-order valence-corrected chi connectivity index (χ2v) is 3.87. The maximum absolute atomic E-state index is 13.6. The Morgan fingerprint density at radius 1 is 0.941 bits per heavy atom. The van der Waals surface area contributed by atoms with Crippen molar-refractivity contribution in [1.29, 1.82) is 5.26 Å². The molecule has 0 saturated carbocycles. The molecule has 0 N–H and O–H groups in total. The normalized spacial score (nSPS) is 10.0. The monoisotopic (exact) mass is 249 g/mol. The van der Waals surface area contributed by atoms with Gasteiger partial charge >= 0.3 is 0 Å². The minimum absolute atomic E-state index is 0.0539. The third kappa shape index (κ3) is 2.27. The molecule has 1 nitrogen and oxygen atoms in total. The first kappa shape index (κ1) is 11.6. The van der Waals surface area contributed by atoms with Crippen molar-refractivity contribution in [1.82, 2.24) is 0 Å². The third-order valence-electron chi connectivity index (χ3n) is 2.32. The number of nitrogens with zero attached hydrogens (tertiary/aromatic N) is 1. The highest BCUT2D eigenvalue weighted by Gasteiger charge is 2.11. The zero-order chi connectivity index (χ0) is 12.4. The smallest absolute Gasteiger partial charge is 0.132 e. The molecule has 0 saturated heterocycles. The zero-order valence-corrected chi connectivity index (χ0v) is 9.30. The first-order chi connectivity index (χ1) is 8.11. The molecule has 2 aromatic rings. The minimum atomic E-state index is -0.619. The van der Waals surface area contributed by atoms with Crippen molar-refractivity contribution < 1.29 is 8.78 Å². The predicted molar refractivity (Wildman–Crippen MR) is 61.5 cm³/mol. The van der Waals surface area contributed by atoms with Crippen LogP contribution >= 0.6 is 11.6 Å². The average molecular weight is 250 g/mol. The Balaban J connectivity index is 2.64. The molecular weight excluding hydrogens is 244 g/mol.